The Labute approximate surface area is 243 Å². The van der Waals surface area contributed by atoms with Gasteiger partial charge in [0.25, 0.3) is 0 Å². The second kappa shape index (κ2) is 31.4. The third-order valence-corrected chi connectivity index (χ3v) is 7.68. The molecule has 4 nitrogen and oxygen atoms in total. The van der Waals surface area contributed by atoms with Gasteiger partial charge in [-0.3, -0.25) is 4.79 Å². The van der Waals surface area contributed by atoms with Crippen molar-refractivity contribution in [2.45, 2.75) is 187 Å². The monoisotopic (exact) mass is 550 g/mol. The lowest BCUT2D eigenvalue weighted by molar-refractivity contribution is -0.123. The van der Waals surface area contributed by atoms with Crippen molar-refractivity contribution in [3.63, 3.8) is 0 Å². The van der Waals surface area contributed by atoms with Crippen LogP contribution in [0.15, 0.2) is 24.3 Å². The number of nitrogens with one attached hydrogen (secondary N) is 1. The molecule has 0 heterocycles. The summed E-state index contributed by atoms with van der Waals surface area (Å²) in [5, 5.41) is 22.8. The van der Waals surface area contributed by atoms with E-state index in [0.29, 0.717) is 6.42 Å². The van der Waals surface area contributed by atoms with E-state index in [1.807, 2.05) is 6.08 Å². The van der Waals surface area contributed by atoms with E-state index in [4.69, 9.17) is 0 Å². The largest absolute Gasteiger partial charge is 0.394 e. The molecular weight excluding hydrogens is 482 g/mol. The number of amides is 1. The van der Waals surface area contributed by atoms with Gasteiger partial charge in [0.2, 0.25) is 5.91 Å². The predicted molar refractivity (Wildman–Crippen MR) is 170 cm³/mol. The van der Waals surface area contributed by atoms with Crippen LogP contribution in [0.4, 0.5) is 0 Å². The minimum absolute atomic E-state index is 0.0759. The van der Waals surface area contributed by atoms with Crippen LogP contribution in [0.25, 0.3) is 0 Å². The standard InChI is InChI=1S/C35H67NO3/c1-3-5-7-9-11-13-15-17-18-19-20-22-24-26-28-30-34(38)33(32-37)36-35(39)31-29-27-25-23-21-16-14-12-10-8-6-4-2/h12,14,28,30,33-34,37-38H,3-11,13,15-27,29,31-32H2,1-2H3,(H,36,39)/b14-12-,30-28+. The van der Waals surface area contributed by atoms with Crippen molar-refractivity contribution in [3.8, 4) is 0 Å². The molecular formula is C35H67NO3. The normalized spacial score (nSPS) is 13.4. The molecule has 230 valence electrons. The minimum Gasteiger partial charge on any atom is -0.394 e. The van der Waals surface area contributed by atoms with Gasteiger partial charge in [0.05, 0.1) is 18.8 Å². The van der Waals surface area contributed by atoms with Crippen LogP contribution in [-0.2, 0) is 4.79 Å². The highest BCUT2D eigenvalue weighted by atomic mass is 16.3. The highest BCUT2D eigenvalue weighted by molar-refractivity contribution is 5.76. The number of aliphatic hydroxyl groups excluding tert-OH is 2. The van der Waals surface area contributed by atoms with Crippen molar-refractivity contribution >= 4 is 5.91 Å². The summed E-state index contributed by atoms with van der Waals surface area (Å²) >= 11 is 0. The average Bonchev–Trinajstić information content (AvgIpc) is 2.94. The lowest BCUT2D eigenvalue weighted by Crippen LogP contribution is -2.45. The first kappa shape index (κ1) is 37.9. The number of rotatable bonds is 30. The highest BCUT2D eigenvalue weighted by Gasteiger charge is 2.17. The molecule has 0 aliphatic rings. The van der Waals surface area contributed by atoms with E-state index < -0.39 is 12.1 Å². The molecule has 0 saturated carbocycles. The first-order valence-electron chi connectivity index (χ1n) is 17.1. The fourth-order valence-corrected chi connectivity index (χ4v) is 4.99. The first-order valence-corrected chi connectivity index (χ1v) is 17.1. The van der Waals surface area contributed by atoms with Gasteiger partial charge in [-0.2, -0.15) is 0 Å². The molecule has 0 rings (SSSR count). The summed E-state index contributed by atoms with van der Waals surface area (Å²) in [6, 6.07) is -0.621. The smallest absolute Gasteiger partial charge is 0.220 e. The second-order valence-corrected chi connectivity index (χ2v) is 11.6. The molecule has 0 fully saturated rings. The maximum Gasteiger partial charge on any atom is 0.220 e. The number of hydrogen-bond acceptors (Lipinski definition) is 3. The van der Waals surface area contributed by atoms with E-state index in [1.165, 1.54) is 116 Å². The minimum atomic E-state index is -0.837. The summed E-state index contributed by atoms with van der Waals surface area (Å²) in [6.45, 7) is 4.26. The van der Waals surface area contributed by atoms with Gasteiger partial charge in [-0.05, 0) is 44.9 Å². The molecule has 0 aromatic carbocycles. The molecule has 0 bridgehead atoms. The van der Waals surface area contributed by atoms with E-state index in [0.717, 1.165) is 38.5 Å². The van der Waals surface area contributed by atoms with Crippen LogP contribution >= 0.6 is 0 Å². The van der Waals surface area contributed by atoms with Gasteiger partial charge in [-0.25, -0.2) is 0 Å². The maximum atomic E-state index is 12.2. The summed E-state index contributed by atoms with van der Waals surface area (Å²) < 4.78 is 0. The molecule has 39 heavy (non-hydrogen) atoms. The lowest BCUT2D eigenvalue weighted by Gasteiger charge is -2.20. The third kappa shape index (κ3) is 28.2. The number of aliphatic hydroxyl groups is 2. The number of hydrogen-bond donors (Lipinski definition) is 3. The van der Waals surface area contributed by atoms with Gasteiger partial charge >= 0.3 is 0 Å². The molecule has 3 N–H and O–H groups in total. The van der Waals surface area contributed by atoms with Crippen LogP contribution in [0.2, 0.25) is 0 Å². The lowest BCUT2D eigenvalue weighted by atomic mass is 10.0. The zero-order chi connectivity index (χ0) is 28.7. The SMILES string of the molecule is CCCCC/C=C\CCCCCCCC(=O)NC(CO)C(O)/C=C/CCCCCCCCCCCCCCC. The van der Waals surface area contributed by atoms with E-state index in [1.54, 1.807) is 6.08 Å². The number of allylic oxidation sites excluding steroid dienone is 3. The summed E-state index contributed by atoms with van der Waals surface area (Å²) in [4.78, 5) is 12.2. The Bertz CT molecular complexity index is 560. The van der Waals surface area contributed by atoms with Crippen molar-refractivity contribution in [2.24, 2.45) is 0 Å². The number of carbonyl (C=O) groups is 1. The molecule has 4 heteroatoms. The Morgan fingerprint density at radius 3 is 1.46 bits per heavy atom. The first-order chi connectivity index (χ1) is 19.2. The van der Waals surface area contributed by atoms with Crippen LogP contribution in [-0.4, -0.2) is 34.9 Å². The molecule has 0 radical (unpaired) electrons. The van der Waals surface area contributed by atoms with Crippen LogP contribution < -0.4 is 5.32 Å². The molecule has 0 aliphatic carbocycles. The van der Waals surface area contributed by atoms with Crippen LogP contribution in [0, 0.1) is 0 Å². The van der Waals surface area contributed by atoms with Crippen molar-refractivity contribution in [1.82, 2.24) is 5.32 Å². The predicted octanol–water partition coefficient (Wildman–Crippen LogP) is 9.73. The fraction of sp³-hybridized carbons (Fsp3) is 0.857. The van der Waals surface area contributed by atoms with Crippen molar-refractivity contribution in [3.05, 3.63) is 24.3 Å². The topological polar surface area (TPSA) is 69.6 Å². The maximum absolute atomic E-state index is 12.2. The van der Waals surface area contributed by atoms with Crippen LogP contribution in [0.5, 0.6) is 0 Å². The van der Waals surface area contributed by atoms with E-state index in [2.05, 4.69) is 31.3 Å². The summed E-state index contributed by atoms with van der Waals surface area (Å²) in [5.41, 5.74) is 0. The zero-order valence-electron chi connectivity index (χ0n) is 26.2. The molecule has 1 amide bonds. The van der Waals surface area contributed by atoms with Gasteiger partial charge in [0.15, 0.2) is 0 Å². The molecule has 0 aromatic heterocycles. The van der Waals surface area contributed by atoms with Crippen LogP contribution in [0.3, 0.4) is 0 Å². The van der Waals surface area contributed by atoms with E-state index in [-0.39, 0.29) is 12.5 Å². The average molecular weight is 550 g/mol. The molecule has 0 aromatic rings. The summed E-state index contributed by atoms with van der Waals surface area (Å²) in [7, 11) is 0. The number of unbranched alkanes of at least 4 members (excludes halogenated alkanes) is 21. The highest BCUT2D eigenvalue weighted by Crippen LogP contribution is 2.13. The third-order valence-electron chi connectivity index (χ3n) is 7.68. The van der Waals surface area contributed by atoms with Gasteiger partial charge < -0.3 is 15.5 Å². The quantitative estimate of drug-likeness (QED) is 0.0617. The van der Waals surface area contributed by atoms with E-state index >= 15 is 0 Å². The van der Waals surface area contributed by atoms with Crippen LogP contribution in [0.1, 0.15) is 174 Å². The fourth-order valence-electron chi connectivity index (χ4n) is 4.99. The molecule has 0 spiro atoms. The van der Waals surface area contributed by atoms with Gasteiger partial charge in [-0.15, -0.1) is 0 Å². The summed E-state index contributed by atoms with van der Waals surface area (Å²) in [5.74, 6) is -0.0759. The Kier molecular flexibility index (Phi) is 30.5. The van der Waals surface area contributed by atoms with Crippen molar-refractivity contribution in [1.29, 1.82) is 0 Å². The Morgan fingerprint density at radius 2 is 0.974 bits per heavy atom. The Balaban J connectivity index is 3.66. The Hall–Kier alpha value is -1.13. The van der Waals surface area contributed by atoms with Crippen molar-refractivity contribution < 1.29 is 15.0 Å². The van der Waals surface area contributed by atoms with Gasteiger partial charge in [-0.1, -0.05) is 147 Å². The molecule has 2 atom stereocenters. The zero-order valence-corrected chi connectivity index (χ0v) is 26.2. The Morgan fingerprint density at radius 1 is 0.590 bits per heavy atom. The summed E-state index contributed by atoms with van der Waals surface area (Å²) in [6.07, 6.45) is 38.2. The second-order valence-electron chi connectivity index (χ2n) is 11.6. The number of carbonyl (C=O) groups excluding carboxylic acids is 1. The molecule has 0 saturated heterocycles. The van der Waals surface area contributed by atoms with E-state index in [9.17, 15) is 15.0 Å². The molecule has 2 unspecified atom stereocenters. The van der Waals surface area contributed by atoms with Gasteiger partial charge in [0.1, 0.15) is 0 Å². The molecule has 0 aliphatic heterocycles. The van der Waals surface area contributed by atoms with Gasteiger partial charge in [0, 0.05) is 6.42 Å². The van der Waals surface area contributed by atoms with Crippen molar-refractivity contribution in [2.75, 3.05) is 6.61 Å².